The first-order chi connectivity index (χ1) is 11.9. The van der Waals surface area contributed by atoms with Crippen molar-refractivity contribution in [3.05, 3.63) is 29.8 Å². The topological polar surface area (TPSA) is 86.8 Å². The second-order valence-electron chi connectivity index (χ2n) is 6.57. The van der Waals surface area contributed by atoms with Crippen LogP contribution in [-0.4, -0.2) is 75.1 Å². The summed E-state index contributed by atoms with van der Waals surface area (Å²) in [4.78, 5) is 28.6. The molecule has 2 saturated heterocycles. The van der Waals surface area contributed by atoms with E-state index in [9.17, 15) is 18.0 Å². The molecule has 1 unspecified atom stereocenters. The van der Waals surface area contributed by atoms with Crippen molar-refractivity contribution in [1.29, 1.82) is 0 Å². The third-order valence-electron chi connectivity index (χ3n) is 4.75. The minimum Gasteiger partial charge on any atom is -0.338 e. The lowest BCUT2D eigenvalue weighted by Gasteiger charge is -2.36. The maximum absolute atomic E-state index is 12.6. The molecular weight excluding hydrogens is 342 g/mol. The Bertz CT molecular complexity index is 764. The zero-order valence-electron chi connectivity index (χ0n) is 14.3. The average molecular weight is 365 g/mol. The number of hydrogen-bond acceptors (Lipinski definition) is 5. The van der Waals surface area contributed by atoms with Crippen molar-refractivity contribution in [3.8, 4) is 0 Å². The van der Waals surface area contributed by atoms with E-state index in [0.29, 0.717) is 31.7 Å². The Morgan fingerprint density at radius 2 is 1.80 bits per heavy atom. The zero-order chi connectivity index (χ0) is 18.0. The molecule has 2 aliphatic heterocycles. The van der Waals surface area contributed by atoms with Crippen LogP contribution in [0.2, 0.25) is 0 Å². The van der Waals surface area contributed by atoms with Gasteiger partial charge < -0.3 is 15.1 Å². The summed E-state index contributed by atoms with van der Waals surface area (Å²) in [6, 6.07) is 6.01. The van der Waals surface area contributed by atoms with Crippen LogP contribution in [0.5, 0.6) is 0 Å². The highest BCUT2D eigenvalue weighted by Crippen LogP contribution is 2.16. The lowest BCUT2D eigenvalue weighted by atomic mass is 10.1. The van der Waals surface area contributed by atoms with Crippen molar-refractivity contribution >= 4 is 21.7 Å². The van der Waals surface area contributed by atoms with Gasteiger partial charge in [-0.1, -0.05) is 6.07 Å². The van der Waals surface area contributed by atoms with Gasteiger partial charge in [0.1, 0.15) is 0 Å². The second kappa shape index (κ2) is 7.13. The third-order valence-corrected chi connectivity index (χ3v) is 5.86. The molecule has 0 saturated carbocycles. The number of carbonyl (C=O) groups excluding carboxylic acids is 2. The molecule has 2 heterocycles. The van der Waals surface area contributed by atoms with Gasteiger partial charge in [-0.2, -0.15) is 0 Å². The van der Waals surface area contributed by atoms with Crippen LogP contribution in [-0.2, 0) is 14.6 Å². The Hall–Kier alpha value is -1.93. The summed E-state index contributed by atoms with van der Waals surface area (Å²) in [6.45, 7) is 2.81. The van der Waals surface area contributed by atoms with E-state index in [1.807, 2.05) is 0 Å². The maximum atomic E-state index is 12.6. The molecule has 0 radical (unpaired) electrons. The molecule has 0 aliphatic carbocycles. The highest BCUT2D eigenvalue weighted by atomic mass is 32.2. The molecule has 8 heteroatoms. The summed E-state index contributed by atoms with van der Waals surface area (Å²) in [5.74, 6) is -0.0831. The van der Waals surface area contributed by atoms with Crippen LogP contribution in [0.4, 0.5) is 0 Å². The van der Waals surface area contributed by atoms with Crippen LogP contribution in [0.1, 0.15) is 23.2 Å². The molecule has 2 amide bonds. The van der Waals surface area contributed by atoms with Gasteiger partial charge in [0.15, 0.2) is 9.84 Å². The number of rotatable bonds is 3. The molecule has 0 bridgehead atoms. The number of carbonyl (C=O) groups is 2. The Morgan fingerprint density at radius 1 is 1.12 bits per heavy atom. The van der Waals surface area contributed by atoms with Crippen LogP contribution in [0.15, 0.2) is 29.2 Å². The van der Waals surface area contributed by atoms with Crippen molar-refractivity contribution in [3.63, 3.8) is 0 Å². The van der Waals surface area contributed by atoms with Gasteiger partial charge in [-0.25, -0.2) is 8.42 Å². The van der Waals surface area contributed by atoms with Crippen molar-refractivity contribution in [1.82, 2.24) is 15.1 Å². The average Bonchev–Trinajstić information content (AvgIpc) is 3.15. The summed E-state index contributed by atoms with van der Waals surface area (Å²) in [5, 5.41) is 3.21. The monoisotopic (exact) mass is 365 g/mol. The van der Waals surface area contributed by atoms with E-state index in [1.54, 1.807) is 21.9 Å². The van der Waals surface area contributed by atoms with E-state index in [4.69, 9.17) is 0 Å². The van der Waals surface area contributed by atoms with Gasteiger partial charge in [-0.15, -0.1) is 0 Å². The molecule has 0 spiro atoms. The Morgan fingerprint density at radius 3 is 2.40 bits per heavy atom. The summed E-state index contributed by atoms with van der Waals surface area (Å²) < 4.78 is 23.3. The van der Waals surface area contributed by atoms with Gasteiger partial charge in [0.05, 0.1) is 10.9 Å². The van der Waals surface area contributed by atoms with Gasteiger partial charge in [-0.05, 0) is 37.6 Å². The number of nitrogens with one attached hydrogen (secondary N) is 1. The molecule has 1 aromatic carbocycles. The summed E-state index contributed by atoms with van der Waals surface area (Å²) >= 11 is 0. The van der Waals surface area contributed by atoms with Crippen LogP contribution < -0.4 is 5.32 Å². The SMILES string of the molecule is CS(=O)(=O)c1cccc(C(=O)N2CCN(C(=O)C3CCCN3)CC2)c1. The van der Waals surface area contributed by atoms with Crippen molar-refractivity contribution in [2.45, 2.75) is 23.8 Å². The second-order valence-corrected chi connectivity index (χ2v) is 8.58. The minimum atomic E-state index is -3.35. The number of piperazine rings is 1. The van der Waals surface area contributed by atoms with Crippen LogP contribution >= 0.6 is 0 Å². The minimum absolute atomic E-state index is 0.0892. The number of benzene rings is 1. The van der Waals surface area contributed by atoms with Gasteiger partial charge in [0.2, 0.25) is 5.91 Å². The van der Waals surface area contributed by atoms with E-state index in [-0.39, 0.29) is 22.8 Å². The predicted octanol–water partition coefficient (Wildman–Crippen LogP) is 0.127. The quantitative estimate of drug-likeness (QED) is 0.823. The van der Waals surface area contributed by atoms with Gasteiger partial charge >= 0.3 is 0 Å². The van der Waals surface area contributed by atoms with Crippen LogP contribution in [0.3, 0.4) is 0 Å². The Labute approximate surface area is 147 Å². The number of hydrogen-bond donors (Lipinski definition) is 1. The Kier molecular flexibility index (Phi) is 5.10. The van der Waals surface area contributed by atoms with E-state index < -0.39 is 9.84 Å². The van der Waals surface area contributed by atoms with Crippen LogP contribution in [0.25, 0.3) is 0 Å². The molecular formula is C17H23N3O4S. The first-order valence-electron chi connectivity index (χ1n) is 8.48. The molecule has 136 valence electrons. The van der Waals surface area contributed by atoms with E-state index >= 15 is 0 Å². The number of nitrogens with zero attached hydrogens (tertiary/aromatic N) is 2. The lowest BCUT2D eigenvalue weighted by Crippen LogP contribution is -2.54. The van der Waals surface area contributed by atoms with Crippen molar-refractivity contribution in [2.24, 2.45) is 0 Å². The number of sulfone groups is 1. The largest absolute Gasteiger partial charge is 0.338 e. The molecule has 0 aromatic heterocycles. The number of amides is 2. The molecule has 2 aliphatic rings. The molecule has 3 rings (SSSR count). The molecule has 7 nitrogen and oxygen atoms in total. The summed E-state index contributed by atoms with van der Waals surface area (Å²) in [6.07, 6.45) is 3.01. The molecule has 25 heavy (non-hydrogen) atoms. The van der Waals surface area contributed by atoms with Crippen LogP contribution in [0, 0.1) is 0 Å². The predicted molar refractivity (Wildman–Crippen MR) is 93.1 cm³/mol. The smallest absolute Gasteiger partial charge is 0.254 e. The third kappa shape index (κ3) is 4.01. The van der Waals surface area contributed by atoms with E-state index in [2.05, 4.69) is 5.32 Å². The summed E-state index contributed by atoms with van der Waals surface area (Å²) in [7, 11) is -3.35. The van der Waals surface area contributed by atoms with Gasteiger partial charge in [0, 0.05) is 38.0 Å². The fraction of sp³-hybridized carbons (Fsp3) is 0.529. The Balaban J connectivity index is 1.63. The first-order valence-corrected chi connectivity index (χ1v) is 10.4. The standard InChI is InChI=1S/C17H23N3O4S/c1-25(23,24)14-5-2-4-13(12-14)16(21)19-8-10-20(11-9-19)17(22)15-6-3-7-18-15/h2,4-5,12,15,18H,3,6-11H2,1H3. The van der Waals surface area contributed by atoms with E-state index in [0.717, 1.165) is 25.6 Å². The molecule has 1 N–H and O–H groups in total. The summed E-state index contributed by atoms with van der Waals surface area (Å²) in [5.41, 5.74) is 0.361. The molecule has 2 fully saturated rings. The van der Waals surface area contributed by atoms with Gasteiger partial charge in [0.25, 0.3) is 5.91 Å². The highest BCUT2D eigenvalue weighted by molar-refractivity contribution is 7.90. The zero-order valence-corrected chi connectivity index (χ0v) is 15.1. The van der Waals surface area contributed by atoms with Crippen molar-refractivity contribution in [2.75, 3.05) is 39.0 Å². The first kappa shape index (κ1) is 17.9. The maximum Gasteiger partial charge on any atom is 0.254 e. The fourth-order valence-corrected chi connectivity index (χ4v) is 3.95. The van der Waals surface area contributed by atoms with E-state index in [1.165, 1.54) is 12.1 Å². The van der Waals surface area contributed by atoms with Crippen molar-refractivity contribution < 1.29 is 18.0 Å². The molecule has 1 aromatic rings. The van der Waals surface area contributed by atoms with Gasteiger partial charge in [-0.3, -0.25) is 9.59 Å². The molecule has 1 atom stereocenters. The fourth-order valence-electron chi connectivity index (χ4n) is 3.29. The normalized spacial score (nSPS) is 21.4. The lowest BCUT2D eigenvalue weighted by molar-refractivity contribution is -0.134. The highest BCUT2D eigenvalue weighted by Gasteiger charge is 2.30.